The number of fused-ring (bicyclic) bond motifs is 14. The van der Waals surface area contributed by atoms with Crippen LogP contribution in [0, 0.1) is 0 Å². The fraction of sp³-hybridized carbons (Fsp3) is 0. The zero-order valence-corrected chi connectivity index (χ0v) is 42.9. The lowest BCUT2D eigenvalue weighted by molar-refractivity contribution is 1.18. The van der Waals surface area contributed by atoms with Gasteiger partial charge in [-0.15, -0.1) is 0 Å². The lowest BCUT2D eigenvalue weighted by Crippen LogP contribution is -2.11. The third-order valence-corrected chi connectivity index (χ3v) is 16.6. The van der Waals surface area contributed by atoms with E-state index in [1.807, 2.05) is 0 Å². The van der Waals surface area contributed by atoms with Gasteiger partial charge in [0.1, 0.15) is 0 Å². The van der Waals surface area contributed by atoms with Crippen molar-refractivity contribution in [2.24, 2.45) is 0 Å². The van der Waals surface area contributed by atoms with E-state index in [0.29, 0.717) is 0 Å². The molecule has 0 saturated heterocycles. The van der Waals surface area contributed by atoms with Crippen LogP contribution in [0.5, 0.6) is 0 Å². The van der Waals surface area contributed by atoms with Crippen LogP contribution in [0.1, 0.15) is 0 Å². The molecule has 0 fully saturated rings. The normalized spacial score (nSPS) is 12.1. The number of rotatable bonds is 8. The van der Waals surface area contributed by atoms with Gasteiger partial charge in [0.25, 0.3) is 0 Å². The minimum atomic E-state index is 1.09. The Balaban J connectivity index is 0.966. The first-order valence-corrected chi connectivity index (χ1v) is 27.2. The van der Waals surface area contributed by atoms with Crippen molar-refractivity contribution < 1.29 is 0 Å². The highest BCUT2D eigenvalue weighted by molar-refractivity contribution is 6.33. The largest absolute Gasteiger partial charge is 0.309 e. The summed E-state index contributed by atoms with van der Waals surface area (Å²) in [5, 5.41) is 14.4. The predicted molar refractivity (Wildman–Crippen MR) is 334 cm³/mol. The van der Waals surface area contributed by atoms with Gasteiger partial charge in [-0.2, -0.15) is 0 Å². The van der Waals surface area contributed by atoms with E-state index in [9.17, 15) is 0 Å². The van der Waals surface area contributed by atoms with Gasteiger partial charge in [0.15, 0.2) is 0 Å². The maximum atomic E-state index is 2.58. The molecule has 79 heavy (non-hydrogen) atoms. The average Bonchev–Trinajstić information content (AvgIpc) is 4.09. The lowest BCUT2D eigenvalue weighted by Gasteiger charge is -2.29. The summed E-state index contributed by atoms with van der Waals surface area (Å²) in [6.45, 7) is 0. The van der Waals surface area contributed by atoms with Gasteiger partial charge in [0, 0.05) is 88.0 Å². The Hall–Kier alpha value is -10.6. The van der Waals surface area contributed by atoms with Gasteiger partial charge < -0.3 is 23.3 Å². The maximum Gasteiger partial charge on any atom is 0.0640 e. The second-order valence-electron chi connectivity index (χ2n) is 20.8. The van der Waals surface area contributed by atoms with Crippen molar-refractivity contribution in [3.8, 4) is 11.4 Å². The first-order chi connectivity index (χ1) is 39.2. The Labute approximate surface area is 454 Å². The third kappa shape index (κ3) is 6.33. The van der Waals surface area contributed by atoms with E-state index in [0.717, 1.165) is 45.5 Å². The average molecular weight is 1010 g/mol. The quantitative estimate of drug-likeness (QED) is 0.151. The number of nitrogens with zero attached hydrogens (tertiary/aromatic N) is 5. The SMILES string of the molecule is c1ccc(N(c2ccc3c(c2)c2ccccc2n3-c2ccccc2)c2c3ccccc3cc3c2c2cccc4c5c(N(c6ccccc6)c6ccc7c(c6)c6ccccc6n7-c6ccccc6)c6ccccc6cc5n3c24)cc1. The molecule has 0 aliphatic carbocycles. The molecule has 4 heterocycles. The summed E-state index contributed by atoms with van der Waals surface area (Å²) in [6.07, 6.45) is 0. The van der Waals surface area contributed by atoms with Gasteiger partial charge in [0.05, 0.1) is 50.0 Å². The van der Waals surface area contributed by atoms with Crippen LogP contribution in [0.15, 0.2) is 285 Å². The van der Waals surface area contributed by atoms with Crippen LogP contribution < -0.4 is 9.80 Å². The summed E-state index contributed by atoms with van der Waals surface area (Å²) in [6, 6.07) is 105. The number of hydrogen-bond donors (Lipinski definition) is 0. The summed E-state index contributed by atoms with van der Waals surface area (Å²) in [5.41, 5.74) is 17.2. The van der Waals surface area contributed by atoms with Crippen LogP contribution in [0.2, 0.25) is 0 Å². The summed E-state index contributed by atoms with van der Waals surface area (Å²) in [4.78, 5) is 5.04. The third-order valence-electron chi connectivity index (χ3n) is 16.6. The summed E-state index contributed by atoms with van der Waals surface area (Å²) >= 11 is 0. The van der Waals surface area contributed by atoms with Gasteiger partial charge in [-0.05, 0) is 120 Å². The molecule has 4 aromatic heterocycles. The number of hydrogen-bond acceptors (Lipinski definition) is 2. The standard InChI is InChI=1S/C74H47N5/c1-5-24-50(25-6-1)75(54-40-42-66-62(46-54)58-34-17-19-38-64(58)77(66)52-28-9-3-10-29-52)73-56-32-15-13-22-48(56)44-68-70(73)60-36-21-37-61-71-69(79(68)72(60)61)45-49-23-14-16-33-57(49)74(71)76(51-26-7-2-8-27-51)55-41-43-67-63(47-55)59-35-18-20-39-65(59)78(67)53-30-11-4-12-31-53/h1-47H. The number of para-hydroxylation sites is 7. The van der Waals surface area contributed by atoms with E-state index in [2.05, 4.69) is 308 Å². The van der Waals surface area contributed by atoms with Crippen molar-refractivity contribution in [3.63, 3.8) is 0 Å². The minimum Gasteiger partial charge on any atom is -0.309 e. The fourth-order valence-corrected chi connectivity index (χ4v) is 13.4. The molecule has 5 nitrogen and oxygen atoms in total. The molecule has 0 aliphatic heterocycles. The van der Waals surface area contributed by atoms with E-state index in [4.69, 9.17) is 0 Å². The smallest absolute Gasteiger partial charge is 0.0640 e. The van der Waals surface area contributed by atoms with Gasteiger partial charge >= 0.3 is 0 Å². The van der Waals surface area contributed by atoms with Crippen molar-refractivity contribution in [1.29, 1.82) is 0 Å². The molecule has 0 unspecified atom stereocenters. The van der Waals surface area contributed by atoms with E-state index in [1.165, 1.54) is 103 Å². The topological polar surface area (TPSA) is 20.8 Å². The lowest BCUT2D eigenvalue weighted by atomic mass is 9.97. The first-order valence-electron chi connectivity index (χ1n) is 27.2. The molecular weight excluding hydrogens is 959 g/mol. The molecule has 13 aromatic carbocycles. The first kappa shape index (κ1) is 43.6. The van der Waals surface area contributed by atoms with Crippen LogP contribution in [0.3, 0.4) is 0 Å². The Morgan fingerprint density at radius 2 is 0.582 bits per heavy atom. The molecule has 0 radical (unpaired) electrons. The van der Waals surface area contributed by atoms with Gasteiger partial charge in [-0.25, -0.2) is 0 Å². The highest BCUT2D eigenvalue weighted by atomic mass is 15.2. The Morgan fingerprint density at radius 1 is 0.228 bits per heavy atom. The molecule has 0 aliphatic rings. The summed E-state index contributed by atoms with van der Waals surface area (Å²) < 4.78 is 7.38. The van der Waals surface area contributed by atoms with Crippen LogP contribution in [0.25, 0.3) is 115 Å². The van der Waals surface area contributed by atoms with E-state index < -0.39 is 0 Å². The number of benzene rings is 13. The van der Waals surface area contributed by atoms with Crippen molar-refractivity contribution in [2.75, 3.05) is 9.80 Å². The monoisotopic (exact) mass is 1010 g/mol. The zero-order chi connectivity index (χ0) is 51.7. The van der Waals surface area contributed by atoms with Crippen molar-refractivity contribution in [3.05, 3.63) is 285 Å². The maximum absolute atomic E-state index is 2.58. The molecule has 0 bridgehead atoms. The van der Waals surface area contributed by atoms with Crippen molar-refractivity contribution in [1.82, 2.24) is 13.5 Å². The van der Waals surface area contributed by atoms with Crippen molar-refractivity contribution in [2.45, 2.75) is 0 Å². The van der Waals surface area contributed by atoms with Crippen LogP contribution in [-0.4, -0.2) is 13.5 Å². The summed E-state index contributed by atoms with van der Waals surface area (Å²) in [5.74, 6) is 0. The Bertz CT molecular complexity index is 4920. The summed E-state index contributed by atoms with van der Waals surface area (Å²) in [7, 11) is 0. The molecule has 0 N–H and O–H groups in total. The fourth-order valence-electron chi connectivity index (χ4n) is 13.4. The second-order valence-corrected chi connectivity index (χ2v) is 20.8. The minimum absolute atomic E-state index is 1.09. The molecule has 17 rings (SSSR count). The highest BCUT2D eigenvalue weighted by Crippen LogP contribution is 2.54. The number of aromatic nitrogens is 3. The Kier molecular flexibility index (Phi) is 9.35. The van der Waals surface area contributed by atoms with E-state index >= 15 is 0 Å². The van der Waals surface area contributed by atoms with Gasteiger partial charge in [-0.3, -0.25) is 0 Å². The van der Waals surface area contributed by atoms with Gasteiger partial charge in [0.2, 0.25) is 0 Å². The highest BCUT2D eigenvalue weighted by Gasteiger charge is 2.30. The molecule has 0 saturated carbocycles. The molecule has 0 spiro atoms. The van der Waals surface area contributed by atoms with Gasteiger partial charge in [-0.1, -0.05) is 176 Å². The zero-order valence-electron chi connectivity index (χ0n) is 42.9. The molecule has 0 amide bonds. The molecule has 0 atom stereocenters. The molecule has 368 valence electrons. The van der Waals surface area contributed by atoms with Crippen molar-refractivity contribution >= 4 is 137 Å². The van der Waals surface area contributed by atoms with E-state index in [-0.39, 0.29) is 0 Å². The molecule has 17 aromatic rings. The Morgan fingerprint density at radius 3 is 1.03 bits per heavy atom. The molecule has 5 heteroatoms. The second kappa shape index (κ2) is 16.9. The predicted octanol–water partition coefficient (Wildman–Crippen LogP) is 20.3. The van der Waals surface area contributed by atoms with E-state index in [1.54, 1.807) is 0 Å². The van der Waals surface area contributed by atoms with Crippen LogP contribution in [-0.2, 0) is 0 Å². The van der Waals surface area contributed by atoms with Crippen LogP contribution in [0.4, 0.5) is 34.1 Å². The number of anilines is 6. The molecular formula is C74H47N5. The van der Waals surface area contributed by atoms with Crippen LogP contribution >= 0.6 is 0 Å².